The van der Waals surface area contributed by atoms with Crippen LogP contribution in [0, 0.1) is 11.5 Å². The molecule has 0 aliphatic rings. The maximum atomic E-state index is 10.9. The zero-order valence-corrected chi connectivity index (χ0v) is 12.2. The molecule has 0 spiro atoms. The first-order chi connectivity index (χ1) is 7.35. The molecule has 0 amide bonds. The van der Waals surface area contributed by atoms with Gasteiger partial charge in [0.05, 0.1) is 0 Å². The summed E-state index contributed by atoms with van der Waals surface area (Å²) in [6, 6.07) is 0. The van der Waals surface area contributed by atoms with Gasteiger partial charge in [-0.1, -0.05) is 45.3 Å². The molecule has 0 N–H and O–H groups in total. The fourth-order valence-electron chi connectivity index (χ4n) is 1.24. The zero-order chi connectivity index (χ0) is 12.6. The largest absolute Gasteiger partial charge is 0.449 e. The van der Waals surface area contributed by atoms with Gasteiger partial charge in [-0.25, -0.2) is 0 Å². The molecule has 0 heterocycles. The lowest BCUT2D eigenvalue weighted by Crippen LogP contribution is -2.20. The van der Waals surface area contributed by atoms with Crippen molar-refractivity contribution in [3.05, 3.63) is 0 Å². The van der Waals surface area contributed by atoms with Crippen LogP contribution < -0.4 is 0 Å². The molecule has 3 heteroatoms. The molecule has 1 atom stereocenters. The van der Waals surface area contributed by atoms with Crippen molar-refractivity contribution in [3.8, 4) is 11.5 Å². The van der Waals surface area contributed by atoms with Gasteiger partial charge in [0.1, 0.15) is 8.07 Å². The highest BCUT2D eigenvalue weighted by atomic mass is 28.3. The van der Waals surface area contributed by atoms with Gasteiger partial charge in [-0.15, -0.1) is 5.54 Å². The Morgan fingerprint density at radius 3 is 2.38 bits per heavy atom. The molecule has 0 aromatic rings. The van der Waals surface area contributed by atoms with Crippen LogP contribution in [0.4, 0.5) is 0 Å². The number of carbonyl (C=O) groups is 1. The van der Waals surface area contributed by atoms with Crippen molar-refractivity contribution in [2.45, 2.75) is 65.3 Å². The minimum Gasteiger partial charge on any atom is -0.449 e. The number of unbranched alkanes of at least 4 members (excludes halogenated alkanes) is 2. The quantitative estimate of drug-likeness (QED) is 0.319. The van der Waals surface area contributed by atoms with E-state index in [1.54, 1.807) is 0 Å². The van der Waals surface area contributed by atoms with Crippen molar-refractivity contribution < 1.29 is 9.53 Å². The summed E-state index contributed by atoms with van der Waals surface area (Å²) in [5.41, 5.74) is 3.27. The second-order valence-electron chi connectivity index (χ2n) is 5.11. The first kappa shape index (κ1) is 15.2. The van der Waals surface area contributed by atoms with Crippen LogP contribution in [-0.4, -0.2) is 20.1 Å². The Balaban J connectivity index is 4.29. The molecule has 1 unspecified atom stereocenters. The maximum absolute atomic E-state index is 10.9. The second kappa shape index (κ2) is 7.51. The highest BCUT2D eigenvalue weighted by molar-refractivity contribution is 6.83. The fraction of sp³-hybridized carbons (Fsp3) is 0.769. The van der Waals surface area contributed by atoms with Crippen LogP contribution in [0.1, 0.15) is 39.5 Å². The molecule has 0 fully saturated rings. The Kier molecular flexibility index (Phi) is 7.16. The van der Waals surface area contributed by atoms with Crippen molar-refractivity contribution in [1.82, 2.24) is 0 Å². The zero-order valence-electron chi connectivity index (χ0n) is 11.2. The van der Waals surface area contributed by atoms with E-state index in [2.05, 4.69) is 38.0 Å². The van der Waals surface area contributed by atoms with E-state index in [0.29, 0.717) is 0 Å². The average molecular weight is 240 g/mol. The summed E-state index contributed by atoms with van der Waals surface area (Å²) in [5, 5.41) is 0. The lowest BCUT2D eigenvalue weighted by molar-refractivity contribution is -0.144. The molecular formula is C13H24O2Si. The Morgan fingerprint density at radius 2 is 1.94 bits per heavy atom. The van der Waals surface area contributed by atoms with E-state index in [4.69, 9.17) is 4.74 Å². The lowest BCUT2D eigenvalue weighted by atomic mass is 10.1. The van der Waals surface area contributed by atoms with Gasteiger partial charge >= 0.3 is 5.97 Å². The van der Waals surface area contributed by atoms with Gasteiger partial charge < -0.3 is 4.74 Å². The number of carbonyl (C=O) groups excluding carboxylic acids is 1. The molecule has 0 rings (SSSR count). The number of esters is 1. The first-order valence-electron chi connectivity index (χ1n) is 6.05. The molecule has 0 aliphatic heterocycles. The van der Waals surface area contributed by atoms with Crippen molar-refractivity contribution >= 4 is 14.0 Å². The first-order valence-corrected chi connectivity index (χ1v) is 9.55. The van der Waals surface area contributed by atoms with Gasteiger partial charge in [0.15, 0.2) is 6.10 Å². The van der Waals surface area contributed by atoms with Gasteiger partial charge in [-0.2, -0.15) is 0 Å². The minimum absolute atomic E-state index is 0.198. The van der Waals surface area contributed by atoms with Gasteiger partial charge in [-0.05, 0) is 12.8 Å². The Bertz CT molecular complexity index is 268. The third kappa shape index (κ3) is 9.79. The Labute approximate surface area is 101 Å². The third-order valence-corrected chi connectivity index (χ3v) is 2.88. The predicted octanol–water partition coefficient (Wildman–Crippen LogP) is 3.38. The van der Waals surface area contributed by atoms with Crippen LogP contribution >= 0.6 is 0 Å². The standard InChI is InChI=1S/C13H24O2Si/c1-6-7-8-9-13(15-12(2)14)10-11-16(3,4)5/h13H,6-9H2,1-5H3. The van der Waals surface area contributed by atoms with Gasteiger partial charge in [0.25, 0.3) is 0 Å². The fourth-order valence-corrected chi connectivity index (χ4v) is 1.83. The van der Waals surface area contributed by atoms with Crippen LogP contribution in [0.25, 0.3) is 0 Å². The summed E-state index contributed by atoms with van der Waals surface area (Å²) in [5.74, 6) is 2.89. The van der Waals surface area contributed by atoms with Crippen LogP contribution in [-0.2, 0) is 9.53 Å². The number of hydrogen-bond donors (Lipinski definition) is 0. The minimum atomic E-state index is -1.37. The second-order valence-corrected chi connectivity index (χ2v) is 9.86. The lowest BCUT2D eigenvalue weighted by Gasteiger charge is -2.12. The van der Waals surface area contributed by atoms with Crippen LogP contribution in [0.15, 0.2) is 0 Å². The van der Waals surface area contributed by atoms with E-state index < -0.39 is 8.07 Å². The van der Waals surface area contributed by atoms with E-state index in [1.165, 1.54) is 19.8 Å². The molecule has 0 aliphatic carbocycles. The molecular weight excluding hydrogens is 216 g/mol. The van der Waals surface area contributed by atoms with Gasteiger partial charge in [-0.3, -0.25) is 4.79 Å². The molecule has 0 aromatic carbocycles. The summed E-state index contributed by atoms with van der Waals surface area (Å²) in [6.07, 6.45) is 4.09. The molecule has 0 radical (unpaired) electrons. The monoisotopic (exact) mass is 240 g/mol. The summed E-state index contributed by atoms with van der Waals surface area (Å²) in [6.45, 7) is 10.2. The van der Waals surface area contributed by atoms with Gasteiger partial charge in [0, 0.05) is 6.92 Å². The van der Waals surface area contributed by atoms with E-state index >= 15 is 0 Å². The Morgan fingerprint density at radius 1 is 1.31 bits per heavy atom. The average Bonchev–Trinajstić information content (AvgIpc) is 2.12. The van der Waals surface area contributed by atoms with Crippen LogP contribution in [0.2, 0.25) is 19.6 Å². The maximum Gasteiger partial charge on any atom is 0.303 e. The molecule has 0 saturated carbocycles. The Hall–Kier alpha value is -0.753. The normalized spacial score (nSPS) is 12.6. The van der Waals surface area contributed by atoms with Crippen molar-refractivity contribution in [3.63, 3.8) is 0 Å². The van der Waals surface area contributed by atoms with E-state index in [1.807, 2.05) is 0 Å². The highest BCUT2D eigenvalue weighted by Crippen LogP contribution is 2.07. The number of hydrogen-bond acceptors (Lipinski definition) is 2. The van der Waals surface area contributed by atoms with Crippen LogP contribution in [0.3, 0.4) is 0 Å². The molecule has 16 heavy (non-hydrogen) atoms. The highest BCUT2D eigenvalue weighted by Gasteiger charge is 2.11. The number of ether oxygens (including phenoxy) is 1. The molecule has 92 valence electrons. The van der Waals surface area contributed by atoms with E-state index in [0.717, 1.165) is 12.8 Å². The van der Waals surface area contributed by atoms with Crippen molar-refractivity contribution in [2.75, 3.05) is 0 Å². The third-order valence-electron chi connectivity index (χ3n) is 1.99. The van der Waals surface area contributed by atoms with E-state index in [-0.39, 0.29) is 12.1 Å². The number of rotatable bonds is 5. The topological polar surface area (TPSA) is 26.3 Å². The predicted molar refractivity (Wildman–Crippen MR) is 70.8 cm³/mol. The molecule has 2 nitrogen and oxygen atoms in total. The summed E-state index contributed by atoms with van der Waals surface area (Å²) in [7, 11) is -1.37. The summed E-state index contributed by atoms with van der Waals surface area (Å²) >= 11 is 0. The smallest absolute Gasteiger partial charge is 0.303 e. The van der Waals surface area contributed by atoms with E-state index in [9.17, 15) is 4.79 Å². The molecule has 0 aromatic heterocycles. The van der Waals surface area contributed by atoms with Crippen molar-refractivity contribution in [1.29, 1.82) is 0 Å². The summed E-state index contributed by atoms with van der Waals surface area (Å²) in [4.78, 5) is 10.9. The molecule has 0 bridgehead atoms. The summed E-state index contributed by atoms with van der Waals surface area (Å²) < 4.78 is 5.20. The molecule has 0 saturated heterocycles. The van der Waals surface area contributed by atoms with Gasteiger partial charge in [0.2, 0.25) is 0 Å². The SMILES string of the molecule is CCCCCC(C#C[Si](C)(C)C)OC(C)=O. The van der Waals surface area contributed by atoms with Crippen molar-refractivity contribution in [2.24, 2.45) is 0 Å². The van der Waals surface area contributed by atoms with Crippen LogP contribution in [0.5, 0.6) is 0 Å².